The Morgan fingerprint density at radius 2 is 2.11 bits per heavy atom. The van der Waals surface area contributed by atoms with E-state index in [0.29, 0.717) is 16.7 Å². The second-order valence-electron chi connectivity index (χ2n) is 10.3. The first-order valence-corrected chi connectivity index (χ1v) is 13.5. The van der Waals surface area contributed by atoms with Crippen molar-refractivity contribution in [3.8, 4) is 5.19 Å². The van der Waals surface area contributed by atoms with Crippen molar-refractivity contribution in [2.24, 2.45) is 5.92 Å². The first kappa shape index (κ1) is 25.1. The number of hydrogen-bond acceptors (Lipinski definition) is 6. The van der Waals surface area contributed by atoms with Crippen molar-refractivity contribution < 1.29 is 18.3 Å². The molecule has 1 aliphatic carbocycles. The van der Waals surface area contributed by atoms with Crippen LogP contribution < -0.4 is 10.1 Å². The number of aromatic nitrogens is 3. The van der Waals surface area contributed by atoms with E-state index in [1.807, 2.05) is 25.1 Å². The van der Waals surface area contributed by atoms with E-state index in [9.17, 15) is 13.6 Å². The maximum atomic E-state index is 13.1. The number of ether oxygens (including phenoxy) is 1. The van der Waals surface area contributed by atoms with Crippen LogP contribution in [-0.2, 0) is 13.0 Å². The maximum absolute atomic E-state index is 13.1. The van der Waals surface area contributed by atoms with Gasteiger partial charge in [-0.3, -0.25) is 14.8 Å². The normalized spacial score (nSPS) is 20.9. The van der Waals surface area contributed by atoms with Crippen LogP contribution in [0.15, 0.2) is 18.2 Å². The van der Waals surface area contributed by atoms with E-state index in [1.165, 1.54) is 11.3 Å². The summed E-state index contributed by atoms with van der Waals surface area (Å²) in [5, 5.41) is 11.8. The molecule has 1 saturated carbocycles. The van der Waals surface area contributed by atoms with Crippen molar-refractivity contribution in [3.05, 3.63) is 40.0 Å². The lowest BCUT2D eigenvalue weighted by molar-refractivity contribution is -0.0230. The number of nitrogens with zero attached hydrogens (tertiary/aromatic N) is 3. The Hall–Kier alpha value is -2.59. The highest BCUT2D eigenvalue weighted by Gasteiger charge is 2.27. The summed E-state index contributed by atoms with van der Waals surface area (Å²) in [5.41, 5.74) is 3.29. The van der Waals surface area contributed by atoms with Crippen LogP contribution in [0.1, 0.15) is 65.7 Å². The monoisotopic (exact) mass is 517 g/mol. The number of aromatic amines is 1. The fraction of sp³-hybridized carbons (Fsp3) is 0.577. The van der Waals surface area contributed by atoms with Crippen LogP contribution in [0.5, 0.6) is 5.19 Å². The van der Waals surface area contributed by atoms with Crippen molar-refractivity contribution in [1.82, 2.24) is 25.4 Å². The molecular formula is C26H33F2N5O2S. The van der Waals surface area contributed by atoms with Gasteiger partial charge in [-0.25, -0.2) is 13.8 Å². The average Bonchev–Trinajstić information content (AvgIpc) is 3.44. The Morgan fingerprint density at radius 1 is 1.31 bits per heavy atom. The minimum atomic E-state index is -2.85. The number of aryl methyl sites for hydroxylation is 1. The van der Waals surface area contributed by atoms with Gasteiger partial charge >= 0.3 is 0 Å². The van der Waals surface area contributed by atoms with E-state index < -0.39 is 12.5 Å². The quantitative estimate of drug-likeness (QED) is 0.435. The van der Waals surface area contributed by atoms with E-state index in [4.69, 9.17) is 4.74 Å². The smallest absolute Gasteiger partial charge is 0.278 e. The summed E-state index contributed by atoms with van der Waals surface area (Å²) in [6.07, 6.45) is 6.21. The molecule has 5 rings (SSSR count). The topological polar surface area (TPSA) is 83.1 Å². The molecule has 1 amide bonds. The highest BCUT2D eigenvalue weighted by atomic mass is 32.1. The predicted molar refractivity (Wildman–Crippen MR) is 136 cm³/mol. The van der Waals surface area contributed by atoms with Crippen LogP contribution in [0, 0.1) is 12.8 Å². The Kier molecular flexibility index (Phi) is 7.25. The second kappa shape index (κ2) is 10.4. The van der Waals surface area contributed by atoms with Crippen LogP contribution in [0.3, 0.4) is 0 Å². The second-order valence-corrected chi connectivity index (χ2v) is 11.3. The molecule has 1 fully saturated rings. The standard InChI is InChI=1S/C26H33F2N5O2S/c1-16-19-4-3-5-20(23(19)32-31-16)24(34)29-18-8-6-17(7-9-18)10-12-33-13-11-22-21(14-33)30-25(36-22)35-15-26(2,27)28/h3-5,17-18H,6-15H2,1-2H3,(H,29,34)(H,31,32). The van der Waals surface area contributed by atoms with Crippen LogP contribution in [0.4, 0.5) is 8.78 Å². The molecule has 0 atom stereocenters. The number of alkyl halides is 2. The van der Waals surface area contributed by atoms with Gasteiger partial charge in [0, 0.05) is 42.0 Å². The molecule has 2 aliphatic rings. The third kappa shape index (κ3) is 5.86. The number of carbonyl (C=O) groups is 1. The van der Waals surface area contributed by atoms with Gasteiger partial charge in [-0.1, -0.05) is 23.5 Å². The molecule has 36 heavy (non-hydrogen) atoms. The number of hydrogen-bond donors (Lipinski definition) is 2. The van der Waals surface area contributed by atoms with Gasteiger partial charge in [-0.15, -0.1) is 0 Å². The van der Waals surface area contributed by atoms with E-state index in [-0.39, 0.29) is 11.9 Å². The Balaban J connectivity index is 1.06. The molecule has 0 spiro atoms. The number of benzene rings is 1. The Labute approximate surface area is 213 Å². The summed E-state index contributed by atoms with van der Waals surface area (Å²) in [7, 11) is 0. The molecule has 7 nitrogen and oxygen atoms in total. The van der Waals surface area contributed by atoms with Gasteiger partial charge in [-0.2, -0.15) is 5.10 Å². The third-order valence-corrected chi connectivity index (χ3v) is 8.36. The summed E-state index contributed by atoms with van der Waals surface area (Å²) in [5.74, 6) is -2.25. The van der Waals surface area contributed by atoms with Crippen molar-refractivity contribution >= 4 is 28.1 Å². The van der Waals surface area contributed by atoms with Crippen LogP contribution in [0.25, 0.3) is 10.9 Å². The molecule has 10 heteroatoms. The van der Waals surface area contributed by atoms with Gasteiger partial charge in [0.2, 0.25) is 0 Å². The molecule has 3 heterocycles. The highest BCUT2D eigenvalue weighted by Crippen LogP contribution is 2.32. The number of rotatable bonds is 8. The first-order chi connectivity index (χ1) is 17.2. The minimum absolute atomic E-state index is 0.0473. The van der Waals surface area contributed by atoms with Gasteiger partial charge in [0.25, 0.3) is 17.0 Å². The Bertz CT molecular complexity index is 1210. The predicted octanol–water partition coefficient (Wildman–Crippen LogP) is 5.10. The van der Waals surface area contributed by atoms with Gasteiger partial charge in [-0.05, 0) is 64.0 Å². The molecule has 3 aromatic rings. The number of fused-ring (bicyclic) bond motifs is 2. The van der Waals surface area contributed by atoms with E-state index in [0.717, 1.165) is 92.3 Å². The van der Waals surface area contributed by atoms with Crippen molar-refractivity contribution in [2.75, 3.05) is 19.7 Å². The first-order valence-electron chi connectivity index (χ1n) is 12.7. The molecule has 0 radical (unpaired) electrons. The maximum Gasteiger partial charge on any atom is 0.278 e. The molecule has 2 N–H and O–H groups in total. The lowest BCUT2D eigenvalue weighted by Gasteiger charge is -2.32. The van der Waals surface area contributed by atoms with Crippen molar-refractivity contribution in [3.63, 3.8) is 0 Å². The molecule has 2 aromatic heterocycles. The van der Waals surface area contributed by atoms with Crippen LogP contribution in [-0.4, -0.2) is 57.6 Å². The zero-order valence-corrected chi connectivity index (χ0v) is 21.6. The van der Waals surface area contributed by atoms with Crippen LogP contribution in [0.2, 0.25) is 0 Å². The molecule has 0 unspecified atom stereocenters. The van der Waals surface area contributed by atoms with Gasteiger partial charge in [0.1, 0.15) is 5.52 Å². The molecule has 0 saturated heterocycles. The summed E-state index contributed by atoms with van der Waals surface area (Å²) < 4.78 is 31.3. The number of H-pyrrole nitrogens is 1. The largest absolute Gasteiger partial charge is 0.464 e. The molecule has 1 aromatic carbocycles. The zero-order chi connectivity index (χ0) is 25.3. The molecular weight excluding hydrogens is 484 g/mol. The fourth-order valence-corrected chi connectivity index (χ4v) is 6.15. The summed E-state index contributed by atoms with van der Waals surface area (Å²) in [6.45, 7) is 4.89. The lowest BCUT2D eigenvalue weighted by atomic mass is 9.84. The highest BCUT2D eigenvalue weighted by molar-refractivity contribution is 7.13. The molecule has 1 aliphatic heterocycles. The average molecular weight is 518 g/mol. The lowest BCUT2D eigenvalue weighted by Crippen LogP contribution is -2.38. The van der Waals surface area contributed by atoms with Gasteiger partial charge in [0.15, 0.2) is 6.61 Å². The van der Waals surface area contributed by atoms with Gasteiger partial charge < -0.3 is 10.1 Å². The van der Waals surface area contributed by atoms with E-state index in [1.54, 1.807) is 0 Å². The number of amides is 1. The summed E-state index contributed by atoms with van der Waals surface area (Å²) >= 11 is 1.40. The fourth-order valence-electron chi connectivity index (χ4n) is 5.24. The number of nitrogens with one attached hydrogen (secondary N) is 2. The summed E-state index contributed by atoms with van der Waals surface area (Å²) in [6, 6.07) is 5.92. The van der Waals surface area contributed by atoms with E-state index >= 15 is 0 Å². The molecule has 194 valence electrons. The van der Waals surface area contributed by atoms with E-state index in [2.05, 4.69) is 25.4 Å². The zero-order valence-electron chi connectivity index (χ0n) is 20.8. The summed E-state index contributed by atoms with van der Waals surface area (Å²) in [4.78, 5) is 20.9. The number of para-hydroxylation sites is 1. The van der Waals surface area contributed by atoms with Crippen LogP contribution >= 0.6 is 11.3 Å². The number of carbonyl (C=O) groups excluding carboxylic acids is 1. The Morgan fingerprint density at radius 3 is 2.89 bits per heavy atom. The van der Waals surface area contributed by atoms with Crippen molar-refractivity contribution in [1.29, 1.82) is 0 Å². The third-order valence-electron chi connectivity index (χ3n) is 7.29. The minimum Gasteiger partial charge on any atom is -0.464 e. The van der Waals surface area contributed by atoms with Gasteiger partial charge in [0.05, 0.1) is 11.3 Å². The SMILES string of the molecule is Cc1[nH]nc2c(C(=O)NC3CCC(CCN4CCc5sc(OCC(C)(F)F)nc5C4)CC3)cccc12. The number of thiazole rings is 1. The number of halogens is 2. The van der Waals surface area contributed by atoms with Crippen molar-refractivity contribution in [2.45, 2.75) is 70.9 Å². The molecule has 0 bridgehead atoms.